The molecule has 0 radical (unpaired) electrons. The van der Waals surface area contributed by atoms with Crippen LogP contribution in [0.5, 0.6) is 0 Å². The van der Waals surface area contributed by atoms with E-state index in [2.05, 4.69) is 28.8 Å². The van der Waals surface area contributed by atoms with Gasteiger partial charge in [-0.25, -0.2) is 0 Å². The van der Waals surface area contributed by atoms with Crippen LogP contribution in [-0.2, 0) is 31.0 Å². The molecule has 0 saturated carbocycles. The number of hydrogen-bond acceptors (Lipinski definition) is 3. The summed E-state index contributed by atoms with van der Waals surface area (Å²) >= 11 is 0. The second-order valence-corrected chi connectivity index (χ2v) is 5.52. The van der Waals surface area contributed by atoms with Crippen LogP contribution in [0.2, 0.25) is 0 Å². The standard InChI is InChI=1S/C18H20N2O2/c1-22-12-14-3-2-4-15(8-14)18(21)20-9-13-5-6-16-10-19-11-17(16)7-13/h2-8,19H,9-12H2,1H3,(H,20,21). The molecule has 1 aliphatic heterocycles. The van der Waals surface area contributed by atoms with Gasteiger partial charge in [0.1, 0.15) is 0 Å². The minimum absolute atomic E-state index is 0.0587. The van der Waals surface area contributed by atoms with Crippen LogP contribution in [-0.4, -0.2) is 13.0 Å². The maximum Gasteiger partial charge on any atom is 0.251 e. The van der Waals surface area contributed by atoms with Crippen LogP contribution in [0, 0.1) is 0 Å². The molecule has 0 fully saturated rings. The lowest BCUT2D eigenvalue weighted by Crippen LogP contribution is -2.23. The molecule has 2 N–H and O–H groups in total. The fourth-order valence-electron chi connectivity index (χ4n) is 2.71. The lowest BCUT2D eigenvalue weighted by atomic mass is 10.1. The van der Waals surface area contributed by atoms with Crippen molar-refractivity contribution in [2.75, 3.05) is 7.11 Å². The Labute approximate surface area is 130 Å². The second-order valence-electron chi connectivity index (χ2n) is 5.52. The van der Waals surface area contributed by atoms with Crippen molar-refractivity contribution < 1.29 is 9.53 Å². The highest BCUT2D eigenvalue weighted by Gasteiger charge is 2.11. The maximum absolute atomic E-state index is 12.2. The van der Waals surface area contributed by atoms with Gasteiger partial charge in [-0.05, 0) is 34.4 Å². The van der Waals surface area contributed by atoms with Crippen LogP contribution >= 0.6 is 0 Å². The summed E-state index contributed by atoms with van der Waals surface area (Å²) in [5.41, 5.74) is 5.47. The van der Waals surface area contributed by atoms with Crippen LogP contribution in [0.15, 0.2) is 42.5 Å². The SMILES string of the molecule is COCc1cccc(C(=O)NCc2ccc3c(c2)CNC3)c1. The molecule has 0 aliphatic carbocycles. The number of hydrogen-bond donors (Lipinski definition) is 2. The van der Waals surface area contributed by atoms with E-state index in [1.165, 1.54) is 11.1 Å². The van der Waals surface area contributed by atoms with Crippen LogP contribution < -0.4 is 10.6 Å². The third kappa shape index (κ3) is 3.35. The minimum atomic E-state index is -0.0587. The van der Waals surface area contributed by atoms with Gasteiger partial charge in [-0.1, -0.05) is 30.3 Å². The largest absolute Gasteiger partial charge is 0.380 e. The Kier molecular flexibility index (Phi) is 4.51. The van der Waals surface area contributed by atoms with Crippen molar-refractivity contribution in [1.29, 1.82) is 0 Å². The van der Waals surface area contributed by atoms with Gasteiger partial charge in [-0.15, -0.1) is 0 Å². The van der Waals surface area contributed by atoms with E-state index in [-0.39, 0.29) is 5.91 Å². The summed E-state index contributed by atoms with van der Waals surface area (Å²) < 4.78 is 5.10. The van der Waals surface area contributed by atoms with Gasteiger partial charge in [0.25, 0.3) is 5.91 Å². The van der Waals surface area contributed by atoms with Crippen molar-refractivity contribution in [2.24, 2.45) is 0 Å². The van der Waals surface area contributed by atoms with E-state index >= 15 is 0 Å². The quantitative estimate of drug-likeness (QED) is 0.890. The van der Waals surface area contributed by atoms with Gasteiger partial charge in [0.2, 0.25) is 0 Å². The minimum Gasteiger partial charge on any atom is -0.380 e. The zero-order valence-corrected chi connectivity index (χ0v) is 12.7. The molecule has 1 amide bonds. The summed E-state index contributed by atoms with van der Waals surface area (Å²) in [6.45, 7) is 2.91. The Morgan fingerprint density at radius 2 is 2.00 bits per heavy atom. The number of methoxy groups -OCH3 is 1. The van der Waals surface area contributed by atoms with E-state index in [4.69, 9.17) is 4.74 Å². The Hall–Kier alpha value is -2.17. The zero-order valence-electron chi connectivity index (χ0n) is 12.7. The summed E-state index contributed by atoms with van der Waals surface area (Å²) in [7, 11) is 1.65. The predicted octanol–water partition coefficient (Wildman–Crippen LogP) is 2.37. The van der Waals surface area contributed by atoms with Crippen molar-refractivity contribution in [3.63, 3.8) is 0 Å². The Morgan fingerprint density at radius 3 is 2.86 bits per heavy atom. The smallest absolute Gasteiger partial charge is 0.251 e. The molecule has 0 spiro atoms. The average Bonchev–Trinajstić information content (AvgIpc) is 3.01. The van der Waals surface area contributed by atoms with Crippen LogP contribution in [0.3, 0.4) is 0 Å². The molecule has 114 valence electrons. The molecular weight excluding hydrogens is 276 g/mol. The molecule has 0 aromatic heterocycles. The first-order valence-corrected chi connectivity index (χ1v) is 7.44. The van der Waals surface area contributed by atoms with Crippen LogP contribution in [0.1, 0.15) is 32.6 Å². The third-order valence-electron chi connectivity index (χ3n) is 3.85. The summed E-state index contributed by atoms with van der Waals surface area (Å²) in [6, 6.07) is 13.9. The highest BCUT2D eigenvalue weighted by Crippen LogP contribution is 2.17. The predicted molar refractivity (Wildman–Crippen MR) is 85.3 cm³/mol. The molecule has 2 aromatic carbocycles. The van der Waals surface area contributed by atoms with E-state index in [0.717, 1.165) is 24.2 Å². The Morgan fingerprint density at radius 1 is 1.14 bits per heavy atom. The van der Waals surface area contributed by atoms with E-state index in [1.54, 1.807) is 7.11 Å². The molecule has 1 heterocycles. The fraction of sp³-hybridized carbons (Fsp3) is 0.278. The van der Waals surface area contributed by atoms with Crippen molar-refractivity contribution in [3.8, 4) is 0 Å². The number of nitrogens with one attached hydrogen (secondary N) is 2. The molecule has 4 heteroatoms. The fourth-order valence-corrected chi connectivity index (χ4v) is 2.71. The monoisotopic (exact) mass is 296 g/mol. The van der Waals surface area contributed by atoms with Gasteiger partial charge in [0.05, 0.1) is 6.61 Å². The molecule has 0 bridgehead atoms. The zero-order chi connectivity index (χ0) is 15.4. The number of carbonyl (C=O) groups excluding carboxylic acids is 1. The van der Waals surface area contributed by atoms with Gasteiger partial charge >= 0.3 is 0 Å². The van der Waals surface area contributed by atoms with Gasteiger partial charge in [-0.3, -0.25) is 4.79 Å². The number of carbonyl (C=O) groups is 1. The average molecular weight is 296 g/mol. The first-order chi connectivity index (χ1) is 10.8. The lowest BCUT2D eigenvalue weighted by Gasteiger charge is -2.08. The second kappa shape index (κ2) is 6.73. The van der Waals surface area contributed by atoms with Gasteiger partial charge < -0.3 is 15.4 Å². The van der Waals surface area contributed by atoms with Gasteiger partial charge in [0, 0.05) is 32.3 Å². The van der Waals surface area contributed by atoms with Crippen molar-refractivity contribution in [1.82, 2.24) is 10.6 Å². The highest BCUT2D eigenvalue weighted by molar-refractivity contribution is 5.94. The number of rotatable bonds is 5. The number of benzene rings is 2. The lowest BCUT2D eigenvalue weighted by molar-refractivity contribution is 0.0950. The van der Waals surface area contributed by atoms with Crippen molar-refractivity contribution >= 4 is 5.91 Å². The summed E-state index contributed by atoms with van der Waals surface area (Å²) in [5, 5.41) is 6.30. The number of fused-ring (bicyclic) bond motifs is 1. The van der Waals surface area contributed by atoms with Crippen LogP contribution in [0.4, 0.5) is 0 Å². The summed E-state index contributed by atoms with van der Waals surface area (Å²) in [6.07, 6.45) is 0. The van der Waals surface area contributed by atoms with E-state index < -0.39 is 0 Å². The topological polar surface area (TPSA) is 50.4 Å². The van der Waals surface area contributed by atoms with E-state index in [1.807, 2.05) is 24.3 Å². The molecule has 0 atom stereocenters. The Balaban J connectivity index is 1.63. The third-order valence-corrected chi connectivity index (χ3v) is 3.85. The Bertz CT molecular complexity index is 683. The number of amides is 1. The summed E-state index contributed by atoms with van der Waals surface area (Å²) in [5.74, 6) is -0.0587. The molecule has 0 saturated heterocycles. The van der Waals surface area contributed by atoms with Gasteiger partial charge in [-0.2, -0.15) is 0 Å². The normalized spacial score (nSPS) is 13.0. The molecule has 2 aromatic rings. The molecule has 3 rings (SSSR count). The van der Waals surface area contributed by atoms with Crippen molar-refractivity contribution in [3.05, 3.63) is 70.3 Å². The van der Waals surface area contributed by atoms with Gasteiger partial charge in [0.15, 0.2) is 0 Å². The van der Waals surface area contributed by atoms with E-state index in [9.17, 15) is 4.79 Å². The molecule has 4 nitrogen and oxygen atoms in total. The molecular formula is C18H20N2O2. The van der Waals surface area contributed by atoms with E-state index in [0.29, 0.717) is 18.7 Å². The highest BCUT2D eigenvalue weighted by atomic mass is 16.5. The van der Waals surface area contributed by atoms with Crippen molar-refractivity contribution in [2.45, 2.75) is 26.2 Å². The first-order valence-electron chi connectivity index (χ1n) is 7.44. The molecule has 1 aliphatic rings. The summed E-state index contributed by atoms with van der Waals surface area (Å²) in [4.78, 5) is 12.2. The van der Waals surface area contributed by atoms with Crippen LogP contribution in [0.25, 0.3) is 0 Å². The maximum atomic E-state index is 12.2. The number of ether oxygens (including phenoxy) is 1. The first kappa shape index (κ1) is 14.8. The molecule has 22 heavy (non-hydrogen) atoms. The molecule has 0 unspecified atom stereocenters.